The first-order valence-electron chi connectivity index (χ1n) is 8.62. The van der Waals surface area contributed by atoms with Gasteiger partial charge in [0.25, 0.3) is 0 Å². The lowest BCUT2D eigenvalue weighted by Crippen LogP contribution is -2.45. The normalized spacial score (nSPS) is 12.3. The van der Waals surface area contributed by atoms with Gasteiger partial charge in [0, 0.05) is 10.7 Å². The zero-order valence-corrected chi connectivity index (χ0v) is 16.5. The summed E-state index contributed by atoms with van der Waals surface area (Å²) in [4.78, 5) is 13.0. The predicted octanol–water partition coefficient (Wildman–Crippen LogP) is 3.87. The lowest BCUT2D eigenvalue weighted by atomic mass is 10.1. The van der Waals surface area contributed by atoms with Crippen molar-refractivity contribution in [2.45, 2.75) is 17.4 Å². The van der Waals surface area contributed by atoms with E-state index in [1.165, 1.54) is 12.1 Å². The third-order valence-electron chi connectivity index (χ3n) is 4.04. The summed E-state index contributed by atoms with van der Waals surface area (Å²) in [6.07, 6.45) is 0.208. The molecule has 5 nitrogen and oxygen atoms in total. The molecule has 0 spiro atoms. The number of hydrogen-bond acceptors (Lipinski definition) is 3. The summed E-state index contributed by atoms with van der Waals surface area (Å²) in [5.41, 5.74) is 1.33. The molecule has 3 aromatic carbocycles. The van der Waals surface area contributed by atoms with Crippen molar-refractivity contribution in [2.75, 3.05) is 5.32 Å². The third kappa shape index (κ3) is 5.42. The van der Waals surface area contributed by atoms with Crippen LogP contribution in [0.25, 0.3) is 0 Å². The molecule has 28 heavy (non-hydrogen) atoms. The number of carbonyl (C=O) groups is 1. The summed E-state index contributed by atoms with van der Waals surface area (Å²) < 4.78 is 28.0. The molecule has 0 fully saturated rings. The lowest BCUT2D eigenvalue weighted by molar-refractivity contribution is -0.117. The highest BCUT2D eigenvalue weighted by atomic mass is 35.5. The van der Waals surface area contributed by atoms with E-state index in [4.69, 9.17) is 11.6 Å². The molecule has 0 unspecified atom stereocenters. The van der Waals surface area contributed by atoms with Crippen molar-refractivity contribution >= 4 is 33.2 Å². The maximum absolute atomic E-state index is 12.9. The van der Waals surface area contributed by atoms with Gasteiger partial charge < -0.3 is 5.32 Å². The Morgan fingerprint density at radius 2 is 1.54 bits per heavy atom. The fourth-order valence-corrected chi connectivity index (χ4v) is 4.10. The number of amides is 1. The zero-order chi connectivity index (χ0) is 20.0. The van der Waals surface area contributed by atoms with Crippen molar-refractivity contribution in [1.82, 2.24) is 4.72 Å². The first-order chi connectivity index (χ1) is 13.4. The summed E-state index contributed by atoms with van der Waals surface area (Å²) in [6.45, 7) is 0. The van der Waals surface area contributed by atoms with Crippen LogP contribution >= 0.6 is 11.6 Å². The van der Waals surface area contributed by atoms with Crippen LogP contribution < -0.4 is 10.0 Å². The summed E-state index contributed by atoms with van der Waals surface area (Å²) >= 11 is 5.96. The van der Waals surface area contributed by atoms with Crippen LogP contribution in [-0.2, 0) is 21.2 Å². The van der Waals surface area contributed by atoms with E-state index in [2.05, 4.69) is 10.0 Å². The third-order valence-corrected chi connectivity index (χ3v) is 5.76. The molecule has 1 atom stereocenters. The van der Waals surface area contributed by atoms with Gasteiger partial charge in [-0.2, -0.15) is 4.72 Å². The van der Waals surface area contributed by atoms with Gasteiger partial charge >= 0.3 is 0 Å². The monoisotopic (exact) mass is 414 g/mol. The molecule has 0 aliphatic carbocycles. The molecule has 1 amide bonds. The number of carbonyl (C=O) groups excluding carboxylic acids is 1. The molecule has 7 heteroatoms. The van der Waals surface area contributed by atoms with E-state index >= 15 is 0 Å². The highest BCUT2D eigenvalue weighted by Gasteiger charge is 2.26. The van der Waals surface area contributed by atoms with Gasteiger partial charge in [-0.15, -0.1) is 0 Å². The van der Waals surface area contributed by atoms with Crippen LogP contribution in [0.2, 0.25) is 5.02 Å². The first-order valence-corrected chi connectivity index (χ1v) is 10.5. The second-order valence-corrected chi connectivity index (χ2v) is 8.33. The van der Waals surface area contributed by atoms with Crippen molar-refractivity contribution in [3.05, 3.63) is 95.5 Å². The molecule has 3 rings (SSSR count). The summed E-state index contributed by atoms with van der Waals surface area (Å²) in [5, 5.41) is 3.20. The molecule has 3 aromatic rings. The lowest BCUT2D eigenvalue weighted by Gasteiger charge is -2.19. The minimum atomic E-state index is -3.86. The number of benzene rings is 3. The fraction of sp³-hybridized carbons (Fsp3) is 0.0952. The van der Waals surface area contributed by atoms with Crippen LogP contribution in [0.3, 0.4) is 0 Å². The maximum atomic E-state index is 12.9. The van der Waals surface area contributed by atoms with Gasteiger partial charge in [0.05, 0.1) is 4.90 Å². The Morgan fingerprint density at radius 1 is 0.893 bits per heavy atom. The number of hydrogen-bond donors (Lipinski definition) is 2. The highest BCUT2D eigenvalue weighted by molar-refractivity contribution is 7.89. The quantitative estimate of drug-likeness (QED) is 0.616. The van der Waals surface area contributed by atoms with Gasteiger partial charge in [-0.25, -0.2) is 8.42 Å². The zero-order valence-electron chi connectivity index (χ0n) is 14.9. The van der Waals surface area contributed by atoms with Crippen molar-refractivity contribution in [2.24, 2.45) is 0 Å². The van der Waals surface area contributed by atoms with Crippen molar-refractivity contribution in [1.29, 1.82) is 0 Å². The SMILES string of the molecule is O=C(Nc1cccc(Cl)c1)[C@H](Cc1ccccc1)NS(=O)(=O)c1ccccc1. The van der Waals surface area contributed by atoms with Gasteiger partial charge in [-0.05, 0) is 42.3 Å². The Labute approximate surface area is 169 Å². The fourth-order valence-electron chi connectivity index (χ4n) is 2.69. The molecule has 0 saturated carbocycles. The van der Waals surface area contributed by atoms with Crippen molar-refractivity contribution in [3.63, 3.8) is 0 Å². The van der Waals surface area contributed by atoms with E-state index in [0.717, 1.165) is 5.56 Å². The van der Waals surface area contributed by atoms with E-state index in [1.807, 2.05) is 30.3 Å². The molecule has 0 heterocycles. The number of halogens is 1. The second-order valence-electron chi connectivity index (χ2n) is 6.18. The molecule has 0 radical (unpaired) electrons. The molecule has 0 bridgehead atoms. The molecule has 0 aliphatic heterocycles. The van der Waals surface area contributed by atoms with Crippen LogP contribution in [0, 0.1) is 0 Å². The standard InChI is InChI=1S/C21H19ClN2O3S/c22-17-10-7-11-18(15-17)23-21(25)20(14-16-8-3-1-4-9-16)24-28(26,27)19-12-5-2-6-13-19/h1-13,15,20,24H,14H2,(H,23,25)/t20-/m0/s1. The van der Waals surface area contributed by atoms with Crippen LogP contribution in [-0.4, -0.2) is 20.4 Å². The molecule has 0 saturated heterocycles. The van der Waals surface area contributed by atoms with Gasteiger partial charge in [-0.1, -0.05) is 66.2 Å². The van der Waals surface area contributed by atoms with Crippen LogP contribution in [0.4, 0.5) is 5.69 Å². The Kier molecular flexibility index (Phi) is 6.46. The Bertz CT molecular complexity index is 1040. The molecular formula is C21H19ClN2O3S. The van der Waals surface area contributed by atoms with E-state index in [-0.39, 0.29) is 11.3 Å². The Morgan fingerprint density at radius 3 is 2.18 bits per heavy atom. The van der Waals surface area contributed by atoms with E-state index in [9.17, 15) is 13.2 Å². The predicted molar refractivity (Wildman–Crippen MR) is 111 cm³/mol. The van der Waals surface area contributed by atoms with Gasteiger partial charge in [0.2, 0.25) is 15.9 Å². The minimum absolute atomic E-state index is 0.101. The Hall–Kier alpha value is -2.67. The second kappa shape index (κ2) is 9.01. The summed E-state index contributed by atoms with van der Waals surface area (Å²) in [5.74, 6) is -0.467. The highest BCUT2D eigenvalue weighted by Crippen LogP contribution is 2.16. The number of sulfonamides is 1. The molecular weight excluding hydrogens is 396 g/mol. The maximum Gasteiger partial charge on any atom is 0.242 e. The van der Waals surface area contributed by atoms with Gasteiger partial charge in [0.15, 0.2) is 0 Å². The smallest absolute Gasteiger partial charge is 0.242 e. The average molecular weight is 415 g/mol. The van der Waals surface area contributed by atoms with E-state index in [0.29, 0.717) is 10.7 Å². The van der Waals surface area contributed by atoms with E-state index in [1.54, 1.807) is 42.5 Å². The number of rotatable bonds is 7. The summed E-state index contributed by atoms with van der Waals surface area (Å²) in [6, 6.07) is 22.9. The number of anilines is 1. The molecule has 2 N–H and O–H groups in total. The van der Waals surface area contributed by atoms with Crippen molar-refractivity contribution < 1.29 is 13.2 Å². The molecule has 144 valence electrons. The van der Waals surface area contributed by atoms with E-state index < -0.39 is 22.0 Å². The Balaban J connectivity index is 1.85. The van der Waals surface area contributed by atoms with Crippen LogP contribution in [0.1, 0.15) is 5.56 Å². The molecule has 0 aliphatic rings. The topological polar surface area (TPSA) is 75.3 Å². The number of nitrogens with one attached hydrogen (secondary N) is 2. The minimum Gasteiger partial charge on any atom is -0.325 e. The first kappa shape index (κ1) is 20.1. The van der Waals surface area contributed by atoms with Crippen LogP contribution in [0.15, 0.2) is 89.8 Å². The van der Waals surface area contributed by atoms with Crippen LogP contribution in [0.5, 0.6) is 0 Å². The van der Waals surface area contributed by atoms with Crippen molar-refractivity contribution in [3.8, 4) is 0 Å². The molecule has 0 aromatic heterocycles. The largest absolute Gasteiger partial charge is 0.325 e. The van der Waals surface area contributed by atoms with Gasteiger partial charge in [-0.3, -0.25) is 4.79 Å². The summed E-state index contributed by atoms with van der Waals surface area (Å²) in [7, 11) is -3.86. The van der Waals surface area contributed by atoms with Gasteiger partial charge in [0.1, 0.15) is 6.04 Å². The average Bonchev–Trinajstić information content (AvgIpc) is 2.69.